The number of esters is 1. The number of sulfonamides is 1. The largest absolute Gasteiger partial charge is 0.462 e. The summed E-state index contributed by atoms with van der Waals surface area (Å²) in [5.74, 6) is -0.632. The molecule has 120 valence electrons. The number of nitrogens with zero attached hydrogens (tertiary/aromatic N) is 1. The first-order valence-electron chi connectivity index (χ1n) is 6.74. The number of thiophene rings is 1. The second-order valence-electron chi connectivity index (χ2n) is 4.48. The van der Waals surface area contributed by atoms with E-state index in [1.54, 1.807) is 23.6 Å². The van der Waals surface area contributed by atoms with Crippen LogP contribution in [0.15, 0.2) is 46.0 Å². The molecule has 0 amide bonds. The van der Waals surface area contributed by atoms with Gasteiger partial charge < -0.3 is 4.74 Å². The zero-order chi connectivity index (χ0) is 16.7. The van der Waals surface area contributed by atoms with Crippen molar-refractivity contribution in [2.45, 2.75) is 17.1 Å². The molecule has 2 aromatic rings. The van der Waals surface area contributed by atoms with Crippen molar-refractivity contribution in [1.82, 2.24) is 0 Å². The Morgan fingerprint density at radius 3 is 2.74 bits per heavy atom. The zero-order valence-corrected chi connectivity index (χ0v) is 13.7. The molecule has 0 saturated carbocycles. The molecule has 8 heteroatoms. The van der Waals surface area contributed by atoms with Crippen molar-refractivity contribution in [2.75, 3.05) is 11.3 Å². The lowest BCUT2D eigenvalue weighted by molar-refractivity contribution is 0.0503. The number of nitriles is 1. The Bertz CT molecular complexity index is 808. The third-order valence-electron chi connectivity index (χ3n) is 2.82. The summed E-state index contributed by atoms with van der Waals surface area (Å²) < 4.78 is 32.1. The van der Waals surface area contributed by atoms with E-state index in [4.69, 9.17) is 10.00 Å². The number of ether oxygens (including phenoxy) is 1. The number of hydrogen-bond donors (Lipinski definition) is 1. The van der Waals surface area contributed by atoms with Gasteiger partial charge in [0.25, 0.3) is 10.0 Å². The lowest BCUT2D eigenvalue weighted by Crippen LogP contribution is -2.15. The Kier molecular flexibility index (Phi) is 5.73. The Labute approximate surface area is 138 Å². The summed E-state index contributed by atoms with van der Waals surface area (Å²) in [4.78, 5) is 12.1. The third-order valence-corrected chi connectivity index (χ3v) is 5.58. The van der Waals surface area contributed by atoms with Gasteiger partial charge in [-0.2, -0.15) is 5.26 Å². The van der Waals surface area contributed by atoms with Gasteiger partial charge in [0.2, 0.25) is 0 Å². The highest BCUT2D eigenvalue weighted by molar-refractivity contribution is 7.94. The molecule has 0 bridgehead atoms. The van der Waals surface area contributed by atoms with Gasteiger partial charge in [0.1, 0.15) is 4.21 Å². The number of anilines is 1. The fraction of sp³-hybridized carbons (Fsp3) is 0.200. The average Bonchev–Trinajstić information content (AvgIpc) is 3.07. The number of carbonyl (C=O) groups excluding carboxylic acids is 1. The van der Waals surface area contributed by atoms with Gasteiger partial charge in [0.05, 0.1) is 23.9 Å². The van der Waals surface area contributed by atoms with Crippen molar-refractivity contribution in [3.05, 3.63) is 47.3 Å². The van der Waals surface area contributed by atoms with E-state index in [1.807, 2.05) is 6.07 Å². The van der Waals surface area contributed by atoms with E-state index in [2.05, 4.69) is 4.72 Å². The Hall–Kier alpha value is -2.37. The minimum Gasteiger partial charge on any atom is -0.462 e. The standard InChI is InChI=1S/C15H14N2O4S2/c16-9-3-4-10-21-15(18)12-6-1-2-7-13(12)17-23(19,20)14-8-5-11-22-14/h1-2,5-8,11,17H,3-4,10H2. The van der Waals surface area contributed by atoms with Crippen LogP contribution >= 0.6 is 11.3 Å². The van der Waals surface area contributed by atoms with Crippen molar-refractivity contribution in [3.8, 4) is 6.07 Å². The molecule has 23 heavy (non-hydrogen) atoms. The molecule has 0 fully saturated rings. The topological polar surface area (TPSA) is 96.3 Å². The van der Waals surface area contributed by atoms with Crippen LogP contribution < -0.4 is 4.72 Å². The molecular weight excluding hydrogens is 336 g/mol. The van der Waals surface area contributed by atoms with Gasteiger partial charge in [0, 0.05) is 6.42 Å². The second-order valence-corrected chi connectivity index (χ2v) is 7.34. The van der Waals surface area contributed by atoms with Crippen LogP contribution in [0.4, 0.5) is 5.69 Å². The molecule has 0 aliphatic rings. The maximum Gasteiger partial charge on any atom is 0.340 e. The van der Waals surface area contributed by atoms with Crippen molar-refractivity contribution in [2.24, 2.45) is 0 Å². The number of para-hydroxylation sites is 1. The predicted octanol–water partition coefficient (Wildman–Crippen LogP) is 3.01. The summed E-state index contributed by atoms with van der Waals surface area (Å²) in [6.45, 7) is 0.110. The van der Waals surface area contributed by atoms with Crippen molar-refractivity contribution in [1.29, 1.82) is 5.26 Å². The number of carbonyl (C=O) groups is 1. The fourth-order valence-corrected chi connectivity index (χ4v) is 3.83. The van der Waals surface area contributed by atoms with Gasteiger partial charge in [-0.1, -0.05) is 18.2 Å². The lowest BCUT2D eigenvalue weighted by atomic mass is 10.2. The van der Waals surface area contributed by atoms with E-state index in [1.165, 1.54) is 18.2 Å². The molecule has 0 saturated heterocycles. The van der Waals surface area contributed by atoms with Gasteiger partial charge in [-0.3, -0.25) is 4.72 Å². The molecule has 1 aromatic heterocycles. The van der Waals surface area contributed by atoms with E-state index >= 15 is 0 Å². The summed E-state index contributed by atoms with van der Waals surface area (Å²) in [5.41, 5.74) is 0.288. The SMILES string of the molecule is N#CCCCOC(=O)c1ccccc1NS(=O)(=O)c1cccs1. The molecule has 0 aliphatic heterocycles. The number of unbranched alkanes of at least 4 members (excludes halogenated alkanes) is 1. The minimum absolute atomic E-state index is 0.110. The van der Waals surface area contributed by atoms with Crippen LogP contribution in [-0.2, 0) is 14.8 Å². The smallest absolute Gasteiger partial charge is 0.340 e. The van der Waals surface area contributed by atoms with E-state index in [0.29, 0.717) is 12.8 Å². The van der Waals surface area contributed by atoms with Crippen molar-refractivity contribution in [3.63, 3.8) is 0 Å². The maximum absolute atomic E-state index is 12.2. The van der Waals surface area contributed by atoms with Crippen LogP contribution in [0.5, 0.6) is 0 Å². The van der Waals surface area contributed by atoms with Crippen molar-refractivity contribution >= 4 is 33.0 Å². The van der Waals surface area contributed by atoms with Crippen LogP contribution in [0.1, 0.15) is 23.2 Å². The van der Waals surface area contributed by atoms with Gasteiger partial charge in [-0.05, 0) is 30.0 Å². The van der Waals surface area contributed by atoms with E-state index in [9.17, 15) is 13.2 Å². The average molecular weight is 350 g/mol. The summed E-state index contributed by atoms with van der Waals surface area (Å²) in [7, 11) is -3.74. The highest BCUT2D eigenvalue weighted by Crippen LogP contribution is 2.23. The highest BCUT2D eigenvalue weighted by atomic mass is 32.2. The predicted molar refractivity (Wildman–Crippen MR) is 86.7 cm³/mol. The normalized spacial score (nSPS) is 10.7. The molecule has 1 aromatic carbocycles. The van der Waals surface area contributed by atoms with Gasteiger partial charge in [0.15, 0.2) is 0 Å². The monoisotopic (exact) mass is 350 g/mol. The molecule has 1 heterocycles. The number of rotatable bonds is 7. The van der Waals surface area contributed by atoms with E-state index in [0.717, 1.165) is 11.3 Å². The molecule has 0 aliphatic carbocycles. The quantitative estimate of drug-likeness (QED) is 0.611. The summed E-state index contributed by atoms with van der Waals surface area (Å²) >= 11 is 1.09. The first-order valence-corrected chi connectivity index (χ1v) is 9.10. The van der Waals surface area contributed by atoms with E-state index < -0.39 is 16.0 Å². The van der Waals surface area contributed by atoms with Crippen LogP contribution in [0, 0.1) is 11.3 Å². The van der Waals surface area contributed by atoms with Crippen molar-refractivity contribution < 1.29 is 17.9 Å². The van der Waals surface area contributed by atoms with Crippen LogP contribution in [0.2, 0.25) is 0 Å². The first-order chi connectivity index (χ1) is 11.0. The summed E-state index contributed by atoms with van der Waals surface area (Å²) in [5, 5.41) is 10.1. The van der Waals surface area contributed by atoms with Crippen LogP contribution in [0.25, 0.3) is 0 Å². The minimum atomic E-state index is -3.74. The first kappa shape index (κ1) is 17.0. The number of hydrogen-bond acceptors (Lipinski definition) is 6. The zero-order valence-electron chi connectivity index (χ0n) is 12.1. The summed E-state index contributed by atoms with van der Waals surface area (Å²) in [6.07, 6.45) is 0.727. The van der Waals surface area contributed by atoms with Gasteiger partial charge in [-0.25, -0.2) is 13.2 Å². The molecule has 0 spiro atoms. The molecule has 2 rings (SSSR count). The fourth-order valence-electron chi connectivity index (χ4n) is 1.76. The summed E-state index contributed by atoms with van der Waals surface area (Å²) in [6, 6.07) is 11.3. The maximum atomic E-state index is 12.2. The Morgan fingerprint density at radius 2 is 2.04 bits per heavy atom. The van der Waals surface area contributed by atoms with Gasteiger partial charge in [-0.15, -0.1) is 11.3 Å². The molecular formula is C15H14N2O4S2. The van der Waals surface area contributed by atoms with Gasteiger partial charge >= 0.3 is 5.97 Å². The lowest BCUT2D eigenvalue weighted by Gasteiger charge is -2.11. The van der Waals surface area contributed by atoms with Crippen LogP contribution in [-0.4, -0.2) is 21.0 Å². The Balaban J connectivity index is 2.15. The molecule has 0 unspecified atom stereocenters. The molecule has 0 radical (unpaired) electrons. The second kappa shape index (κ2) is 7.76. The Morgan fingerprint density at radius 1 is 1.26 bits per heavy atom. The molecule has 6 nitrogen and oxygen atoms in total. The number of nitrogens with one attached hydrogen (secondary N) is 1. The number of benzene rings is 1. The van der Waals surface area contributed by atoms with Crippen LogP contribution in [0.3, 0.4) is 0 Å². The highest BCUT2D eigenvalue weighted by Gasteiger charge is 2.19. The third kappa shape index (κ3) is 4.55. The molecule has 0 atom stereocenters. The molecule has 1 N–H and O–H groups in total. The van der Waals surface area contributed by atoms with E-state index in [-0.39, 0.29) is 22.1 Å².